The summed E-state index contributed by atoms with van der Waals surface area (Å²) in [4.78, 5) is 3.28. The van der Waals surface area contributed by atoms with Gasteiger partial charge in [-0.25, -0.2) is 0 Å². The first-order valence-electron chi connectivity index (χ1n) is 1.86. The van der Waals surface area contributed by atoms with E-state index in [0.29, 0.717) is 5.89 Å². The maximum atomic E-state index is 11.7. The average molecular weight is 101 g/mol. The van der Waals surface area contributed by atoms with Gasteiger partial charge < -0.3 is 4.42 Å². The van der Waals surface area contributed by atoms with Gasteiger partial charge in [-0.3, -0.25) is 0 Å². The Hall–Kier alpha value is -0.860. The van der Waals surface area contributed by atoms with E-state index in [-0.39, 0.29) is 0 Å². The third kappa shape index (κ3) is 0.765. The molecule has 0 spiro atoms. The quantitative estimate of drug-likeness (QED) is 0.489. The predicted octanol–water partition coefficient (Wildman–Crippen LogP) is 1.12. The summed E-state index contributed by atoms with van der Waals surface area (Å²) in [5.74, 6) is -0.199. The Morgan fingerprint density at radius 3 is 2.71 bits per heavy atom. The van der Waals surface area contributed by atoms with Crippen molar-refractivity contribution < 1.29 is 8.81 Å². The van der Waals surface area contributed by atoms with E-state index in [1.165, 1.54) is 0 Å². The lowest BCUT2D eigenvalue weighted by atomic mass is 10.8. The largest absolute Gasteiger partial charge is 0.446 e. The first kappa shape index (κ1) is 4.30. The van der Waals surface area contributed by atoms with Crippen LogP contribution in [-0.2, 0) is 0 Å². The van der Waals surface area contributed by atoms with Crippen LogP contribution in [0.1, 0.15) is 5.89 Å². The van der Waals surface area contributed by atoms with Crippen molar-refractivity contribution in [3.05, 3.63) is 18.1 Å². The molecular weight excluding hydrogens is 97.0 g/mol. The van der Waals surface area contributed by atoms with Crippen LogP contribution in [0.5, 0.6) is 0 Å². The molecule has 0 N–H and O–H groups in total. The highest BCUT2D eigenvalue weighted by atomic mass is 19.1. The molecule has 0 saturated heterocycles. The molecule has 0 radical (unpaired) electrons. The highest BCUT2D eigenvalue weighted by Crippen LogP contribution is 1.95. The number of oxazole rings is 1. The molecule has 7 heavy (non-hydrogen) atoms. The molecule has 2 nitrogen and oxygen atoms in total. The SMILES string of the molecule is Cc1nc(F)co1. The zero-order valence-electron chi connectivity index (χ0n) is 3.81. The minimum Gasteiger partial charge on any atom is -0.446 e. The van der Waals surface area contributed by atoms with Gasteiger partial charge in [-0.15, -0.1) is 0 Å². The van der Waals surface area contributed by atoms with Crippen LogP contribution in [0.15, 0.2) is 10.7 Å². The molecule has 0 aliphatic heterocycles. The van der Waals surface area contributed by atoms with E-state index < -0.39 is 5.95 Å². The van der Waals surface area contributed by atoms with Crippen molar-refractivity contribution in [1.82, 2.24) is 4.98 Å². The lowest BCUT2D eigenvalue weighted by Crippen LogP contribution is -1.68. The molecule has 0 aliphatic rings. The second-order valence-electron chi connectivity index (χ2n) is 1.19. The van der Waals surface area contributed by atoms with Gasteiger partial charge in [0.05, 0.1) is 0 Å². The Morgan fingerprint density at radius 2 is 2.57 bits per heavy atom. The Labute approximate surface area is 40.0 Å². The molecule has 0 aliphatic carbocycles. The van der Waals surface area contributed by atoms with Crippen molar-refractivity contribution in [1.29, 1.82) is 0 Å². The second-order valence-corrected chi connectivity index (χ2v) is 1.19. The fraction of sp³-hybridized carbons (Fsp3) is 0.250. The zero-order valence-corrected chi connectivity index (χ0v) is 3.81. The van der Waals surface area contributed by atoms with Crippen molar-refractivity contribution in [3.63, 3.8) is 0 Å². The van der Waals surface area contributed by atoms with Crippen molar-refractivity contribution in [2.24, 2.45) is 0 Å². The van der Waals surface area contributed by atoms with Gasteiger partial charge in [0.15, 0.2) is 5.89 Å². The summed E-state index contributed by atoms with van der Waals surface area (Å²) in [5, 5.41) is 0. The van der Waals surface area contributed by atoms with E-state index >= 15 is 0 Å². The lowest BCUT2D eigenvalue weighted by Gasteiger charge is -1.67. The van der Waals surface area contributed by atoms with Crippen molar-refractivity contribution in [2.75, 3.05) is 0 Å². The Morgan fingerprint density at radius 1 is 1.86 bits per heavy atom. The highest BCUT2D eigenvalue weighted by Gasteiger charge is 1.92. The van der Waals surface area contributed by atoms with Crippen molar-refractivity contribution in [2.45, 2.75) is 6.92 Å². The highest BCUT2D eigenvalue weighted by molar-refractivity contribution is 4.76. The average Bonchev–Trinajstić information content (AvgIpc) is 1.87. The molecule has 1 aromatic heterocycles. The van der Waals surface area contributed by atoms with Crippen LogP contribution in [-0.4, -0.2) is 4.98 Å². The number of aryl methyl sites for hydroxylation is 1. The Bertz CT molecular complexity index is 144. The number of aromatic nitrogens is 1. The molecule has 0 aromatic carbocycles. The minimum atomic E-state index is -0.558. The molecular formula is C4H4FNO. The van der Waals surface area contributed by atoms with E-state index in [1.807, 2.05) is 0 Å². The third-order valence-electron chi connectivity index (χ3n) is 0.591. The van der Waals surface area contributed by atoms with Crippen LogP contribution in [0.4, 0.5) is 4.39 Å². The number of hydrogen-bond donors (Lipinski definition) is 0. The van der Waals surface area contributed by atoms with Crippen LogP contribution in [0, 0.1) is 12.9 Å². The minimum absolute atomic E-state index is 0.359. The summed E-state index contributed by atoms with van der Waals surface area (Å²) in [6.07, 6.45) is 0.968. The van der Waals surface area contributed by atoms with Crippen LogP contribution in [0.25, 0.3) is 0 Å². The molecule has 0 fully saturated rings. The van der Waals surface area contributed by atoms with Crippen LogP contribution in [0.3, 0.4) is 0 Å². The van der Waals surface area contributed by atoms with Gasteiger partial charge in [-0.2, -0.15) is 9.37 Å². The first-order chi connectivity index (χ1) is 3.29. The standard InChI is InChI=1S/C4H4FNO/c1-3-6-4(5)2-7-3/h2H,1H3. The topological polar surface area (TPSA) is 26.0 Å². The fourth-order valence-electron chi connectivity index (χ4n) is 0.337. The molecule has 0 saturated carbocycles. The second kappa shape index (κ2) is 1.33. The number of halogens is 1. The molecule has 0 unspecified atom stereocenters. The number of nitrogens with zero attached hydrogens (tertiary/aromatic N) is 1. The third-order valence-corrected chi connectivity index (χ3v) is 0.591. The van der Waals surface area contributed by atoms with E-state index in [9.17, 15) is 4.39 Å². The predicted molar refractivity (Wildman–Crippen MR) is 21.2 cm³/mol. The number of hydrogen-bond acceptors (Lipinski definition) is 2. The normalized spacial score (nSPS) is 9.43. The summed E-state index contributed by atoms with van der Waals surface area (Å²) >= 11 is 0. The first-order valence-corrected chi connectivity index (χ1v) is 1.86. The summed E-state index contributed by atoms with van der Waals surface area (Å²) in [6.45, 7) is 1.59. The molecule has 1 heterocycles. The summed E-state index contributed by atoms with van der Waals surface area (Å²) in [5.41, 5.74) is 0. The van der Waals surface area contributed by atoms with Crippen LogP contribution >= 0.6 is 0 Å². The fourth-order valence-corrected chi connectivity index (χ4v) is 0.337. The van der Waals surface area contributed by atoms with Crippen molar-refractivity contribution >= 4 is 0 Å². The van der Waals surface area contributed by atoms with Gasteiger partial charge in [0.2, 0.25) is 0 Å². The zero-order chi connectivity index (χ0) is 5.28. The van der Waals surface area contributed by atoms with Crippen molar-refractivity contribution in [3.8, 4) is 0 Å². The number of rotatable bonds is 0. The maximum Gasteiger partial charge on any atom is 0.251 e. The maximum absolute atomic E-state index is 11.7. The molecule has 3 heteroatoms. The molecule has 1 aromatic rings. The summed E-state index contributed by atoms with van der Waals surface area (Å²) < 4.78 is 16.2. The molecule has 38 valence electrons. The molecule has 0 amide bonds. The van der Waals surface area contributed by atoms with E-state index in [2.05, 4.69) is 9.40 Å². The van der Waals surface area contributed by atoms with Crippen LogP contribution < -0.4 is 0 Å². The van der Waals surface area contributed by atoms with E-state index in [4.69, 9.17) is 0 Å². The van der Waals surface area contributed by atoms with Gasteiger partial charge in [-0.05, 0) is 0 Å². The molecule has 0 bridgehead atoms. The van der Waals surface area contributed by atoms with Gasteiger partial charge >= 0.3 is 0 Å². The van der Waals surface area contributed by atoms with Gasteiger partial charge in [0.1, 0.15) is 6.26 Å². The summed E-state index contributed by atoms with van der Waals surface area (Å²) in [6, 6.07) is 0. The molecule has 0 atom stereocenters. The smallest absolute Gasteiger partial charge is 0.251 e. The lowest BCUT2D eigenvalue weighted by molar-refractivity contribution is 0.510. The Kier molecular flexibility index (Phi) is 0.817. The Balaban J connectivity index is 3.04. The van der Waals surface area contributed by atoms with E-state index in [1.54, 1.807) is 6.92 Å². The van der Waals surface area contributed by atoms with Gasteiger partial charge in [-0.1, -0.05) is 0 Å². The summed E-state index contributed by atoms with van der Waals surface area (Å²) in [7, 11) is 0. The molecule has 1 rings (SSSR count). The monoisotopic (exact) mass is 101 g/mol. The van der Waals surface area contributed by atoms with Crippen LogP contribution in [0.2, 0.25) is 0 Å². The van der Waals surface area contributed by atoms with Gasteiger partial charge in [0, 0.05) is 6.92 Å². The van der Waals surface area contributed by atoms with Gasteiger partial charge in [0.25, 0.3) is 5.95 Å². The van der Waals surface area contributed by atoms with E-state index in [0.717, 1.165) is 6.26 Å².